The number of pyridine rings is 1. The Balaban J connectivity index is 3.06. The minimum atomic E-state index is -1.16. The first-order chi connectivity index (χ1) is 6.11. The van der Waals surface area contributed by atoms with Gasteiger partial charge in [-0.3, -0.25) is 0 Å². The summed E-state index contributed by atoms with van der Waals surface area (Å²) in [5, 5.41) is 8.29. The maximum absolute atomic E-state index is 12.9. The number of aromatic nitrogens is 1. The highest BCUT2D eigenvalue weighted by molar-refractivity contribution is 5.86. The second-order valence-corrected chi connectivity index (χ2v) is 2.26. The van der Waals surface area contributed by atoms with E-state index in [0.717, 1.165) is 18.2 Å². The van der Waals surface area contributed by atoms with Gasteiger partial charge in [-0.05, 0) is 12.1 Å². The van der Waals surface area contributed by atoms with Gasteiger partial charge in [0.2, 0.25) is 0 Å². The average Bonchev–Trinajstić information content (AvgIpc) is 2.03. The molecule has 1 aromatic rings. The van der Waals surface area contributed by atoms with Crippen molar-refractivity contribution in [3.05, 3.63) is 29.7 Å². The van der Waals surface area contributed by atoms with E-state index in [2.05, 4.69) is 4.98 Å². The van der Waals surface area contributed by atoms with Crippen molar-refractivity contribution in [2.75, 3.05) is 5.73 Å². The summed E-state index contributed by atoms with van der Waals surface area (Å²) in [5.74, 6) is -1.79. The van der Waals surface area contributed by atoms with Crippen LogP contribution in [0.25, 0.3) is 6.08 Å². The summed E-state index contributed by atoms with van der Waals surface area (Å²) in [4.78, 5) is 13.7. The first-order valence-corrected chi connectivity index (χ1v) is 3.42. The molecule has 68 valence electrons. The second-order valence-electron chi connectivity index (χ2n) is 2.26. The largest absolute Gasteiger partial charge is 0.478 e. The molecule has 1 aromatic heterocycles. The Kier molecular flexibility index (Phi) is 2.59. The molecule has 0 fully saturated rings. The minimum absolute atomic E-state index is 0.00935. The Labute approximate surface area is 73.5 Å². The second kappa shape index (κ2) is 3.66. The molecule has 0 radical (unpaired) electrons. The molecule has 4 nitrogen and oxygen atoms in total. The first-order valence-electron chi connectivity index (χ1n) is 3.42. The summed E-state index contributed by atoms with van der Waals surface area (Å²) in [6.07, 6.45) is 3.08. The molecule has 0 aliphatic rings. The van der Waals surface area contributed by atoms with Gasteiger partial charge in [-0.1, -0.05) is 0 Å². The molecule has 0 atom stereocenters. The maximum Gasteiger partial charge on any atom is 0.328 e. The van der Waals surface area contributed by atoms with Crippen LogP contribution >= 0.6 is 0 Å². The molecule has 0 unspecified atom stereocenters. The van der Waals surface area contributed by atoms with Crippen molar-refractivity contribution in [1.82, 2.24) is 4.98 Å². The van der Waals surface area contributed by atoms with Crippen LogP contribution < -0.4 is 5.73 Å². The van der Waals surface area contributed by atoms with Gasteiger partial charge in [0.15, 0.2) is 0 Å². The van der Waals surface area contributed by atoms with Gasteiger partial charge < -0.3 is 10.8 Å². The molecule has 1 rings (SSSR count). The van der Waals surface area contributed by atoms with E-state index in [4.69, 9.17) is 10.8 Å². The molecule has 0 bridgehead atoms. The molecule has 13 heavy (non-hydrogen) atoms. The van der Waals surface area contributed by atoms with Gasteiger partial charge >= 0.3 is 5.97 Å². The van der Waals surface area contributed by atoms with E-state index < -0.39 is 11.8 Å². The molecular weight excluding hydrogens is 175 g/mol. The van der Waals surface area contributed by atoms with Crippen LogP contribution in [-0.4, -0.2) is 16.1 Å². The predicted octanol–water partition coefficient (Wildman–Crippen LogP) is 0.901. The Morgan fingerprint density at radius 3 is 2.92 bits per heavy atom. The van der Waals surface area contributed by atoms with Crippen molar-refractivity contribution in [1.29, 1.82) is 0 Å². The predicted molar refractivity (Wildman–Crippen MR) is 45.3 cm³/mol. The lowest BCUT2D eigenvalue weighted by Gasteiger charge is -1.98. The SMILES string of the molecule is Nc1nccc(F)c1/C=C/C(=O)O. The number of aliphatic carboxylic acids is 1. The normalized spacial score (nSPS) is 10.5. The van der Waals surface area contributed by atoms with Crippen molar-refractivity contribution in [2.24, 2.45) is 0 Å². The molecule has 3 N–H and O–H groups in total. The number of carboxylic acid groups (broad SMARTS) is 1. The van der Waals surface area contributed by atoms with Crippen molar-refractivity contribution in [2.45, 2.75) is 0 Å². The number of anilines is 1. The van der Waals surface area contributed by atoms with Crippen molar-refractivity contribution >= 4 is 17.9 Å². The topological polar surface area (TPSA) is 76.2 Å². The molecule has 0 saturated carbocycles. The van der Waals surface area contributed by atoms with E-state index in [1.807, 2.05) is 0 Å². The Morgan fingerprint density at radius 2 is 2.38 bits per heavy atom. The van der Waals surface area contributed by atoms with Crippen LogP contribution in [0, 0.1) is 5.82 Å². The van der Waals surface area contributed by atoms with Gasteiger partial charge in [0.05, 0.1) is 5.56 Å². The Morgan fingerprint density at radius 1 is 1.69 bits per heavy atom. The van der Waals surface area contributed by atoms with Crippen LogP contribution in [0.3, 0.4) is 0 Å². The summed E-state index contributed by atoms with van der Waals surface area (Å²) in [5.41, 5.74) is 5.30. The molecule has 0 spiro atoms. The van der Waals surface area contributed by atoms with Crippen LogP contribution in [0.4, 0.5) is 10.2 Å². The molecule has 0 aliphatic heterocycles. The van der Waals surface area contributed by atoms with Crippen molar-refractivity contribution in [3.8, 4) is 0 Å². The summed E-state index contributed by atoms with van der Waals surface area (Å²) in [7, 11) is 0. The van der Waals surface area contributed by atoms with Gasteiger partial charge in [0, 0.05) is 12.3 Å². The van der Waals surface area contributed by atoms with Gasteiger partial charge in [-0.15, -0.1) is 0 Å². The summed E-state index contributed by atoms with van der Waals surface area (Å²) in [6.45, 7) is 0. The number of carbonyl (C=O) groups is 1. The lowest BCUT2D eigenvalue weighted by molar-refractivity contribution is -0.131. The van der Waals surface area contributed by atoms with Gasteiger partial charge in [0.25, 0.3) is 0 Å². The third kappa shape index (κ3) is 2.26. The number of halogens is 1. The van der Waals surface area contributed by atoms with E-state index in [1.165, 1.54) is 6.20 Å². The zero-order valence-corrected chi connectivity index (χ0v) is 6.57. The monoisotopic (exact) mass is 182 g/mol. The fraction of sp³-hybridized carbons (Fsp3) is 0. The first kappa shape index (κ1) is 9.18. The molecule has 0 aromatic carbocycles. The number of rotatable bonds is 2. The van der Waals surface area contributed by atoms with Crippen LogP contribution in [0.2, 0.25) is 0 Å². The highest BCUT2D eigenvalue weighted by atomic mass is 19.1. The van der Waals surface area contributed by atoms with Crippen LogP contribution in [0.1, 0.15) is 5.56 Å². The standard InChI is InChI=1S/C8H7FN2O2/c9-6-3-4-11-8(10)5(6)1-2-7(12)13/h1-4H,(H2,10,11)(H,12,13)/b2-1+. The fourth-order valence-corrected chi connectivity index (χ4v) is 0.784. The van der Waals surface area contributed by atoms with Crippen molar-refractivity contribution < 1.29 is 14.3 Å². The molecule has 5 heteroatoms. The summed E-state index contributed by atoms with van der Waals surface area (Å²) < 4.78 is 12.9. The number of carboxylic acids is 1. The zero-order valence-electron chi connectivity index (χ0n) is 6.57. The van der Waals surface area contributed by atoms with Crippen LogP contribution in [-0.2, 0) is 4.79 Å². The Hall–Kier alpha value is -1.91. The summed E-state index contributed by atoms with van der Waals surface area (Å²) in [6, 6.07) is 1.11. The van der Waals surface area contributed by atoms with Crippen LogP contribution in [0.5, 0.6) is 0 Å². The van der Waals surface area contributed by atoms with Crippen molar-refractivity contribution in [3.63, 3.8) is 0 Å². The molecule has 0 saturated heterocycles. The van der Waals surface area contributed by atoms with Gasteiger partial charge in [-0.25, -0.2) is 14.2 Å². The van der Waals surface area contributed by atoms with E-state index in [-0.39, 0.29) is 11.4 Å². The molecule has 0 amide bonds. The highest BCUT2D eigenvalue weighted by Gasteiger charge is 2.03. The molecule has 1 heterocycles. The smallest absolute Gasteiger partial charge is 0.328 e. The van der Waals surface area contributed by atoms with E-state index in [9.17, 15) is 9.18 Å². The van der Waals surface area contributed by atoms with Gasteiger partial charge in [-0.2, -0.15) is 0 Å². The maximum atomic E-state index is 12.9. The number of hydrogen-bond acceptors (Lipinski definition) is 3. The summed E-state index contributed by atoms with van der Waals surface area (Å²) >= 11 is 0. The van der Waals surface area contributed by atoms with E-state index >= 15 is 0 Å². The van der Waals surface area contributed by atoms with Gasteiger partial charge in [0.1, 0.15) is 11.6 Å². The molecule has 0 aliphatic carbocycles. The number of hydrogen-bond donors (Lipinski definition) is 2. The zero-order chi connectivity index (χ0) is 9.84. The van der Waals surface area contributed by atoms with E-state index in [0.29, 0.717) is 0 Å². The lowest BCUT2D eigenvalue weighted by Crippen LogP contribution is -1.96. The Bertz CT molecular complexity index is 343. The number of nitrogens with zero attached hydrogens (tertiary/aromatic N) is 1. The third-order valence-electron chi connectivity index (χ3n) is 1.36. The van der Waals surface area contributed by atoms with Crippen LogP contribution in [0.15, 0.2) is 18.3 Å². The molecular formula is C8H7FN2O2. The number of nitrogens with two attached hydrogens (primary N) is 1. The van der Waals surface area contributed by atoms with E-state index in [1.54, 1.807) is 0 Å². The average molecular weight is 182 g/mol. The third-order valence-corrected chi connectivity index (χ3v) is 1.36. The quantitative estimate of drug-likeness (QED) is 0.666. The minimum Gasteiger partial charge on any atom is -0.478 e. The fourth-order valence-electron chi connectivity index (χ4n) is 0.784. The number of nitrogen functional groups attached to an aromatic ring is 1. The highest BCUT2D eigenvalue weighted by Crippen LogP contribution is 2.13. The lowest BCUT2D eigenvalue weighted by atomic mass is 10.2.